The molecule has 0 saturated carbocycles. The molecule has 1 unspecified atom stereocenters. The number of nitrogens with one attached hydrogen (secondary N) is 1. The standard InChI is InChI=1S/C21H30N4OS/c1-3-22-21(25(2)14-18-11-12-26-15-18)23-13-19-16-27-20(24-19)10-9-17-7-5-4-6-8-17/h4-8,16,18H,3,9-15H2,1-2H3,(H,22,23). The van der Waals surface area contributed by atoms with Crippen molar-refractivity contribution in [1.29, 1.82) is 0 Å². The number of hydrogen-bond acceptors (Lipinski definition) is 4. The van der Waals surface area contributed by atoms with Gasteiger partial charge in [-0.25, -0.2) is 9.98 Å². The van der Waals surface area contributed by atoms with Crippen LogP contribution in [0, 0.1) is 5.92 Å². The van der Waals surface area contributed by atoms with Gasteiger partial charge in [-0.15, -0.1) is 11.3 Å². The maximum absolute atomic E-state index is 5.49. The molecule has 0 spiro atoms. The van der Waals surface area contributed by atoms with Crippen molar-refractivity contribution in [2.24, 2.45) is 10.9 Å². The van der Waals surface area contributed by atoms with Crippen molar-refractivity contribution in [3.63, 3.8) is 0 Å². The Kier molecular flexibility index (Phi) is 7.66. The van der Waals surface area contributed by atoms with Gasteiger partial charge in [0, 0.05) is 44.5 Å². The number of nitrogens with zero attached hydrogens (tertiary/aromatic N) is 3. The molecule has 146 valence electrons. The molecule has 1 aromatic heterocycles. The Morgan fingerprint density at radius 3 is 2.93 bits per heavy atom. The highest BCUT2D eigenvalue weighted by Gasteiger charge is 2.19. The number of thiazole rings is 1. The number of aryl methyl sites for hydroxylation is 2. The summed E-state index contributed by atoms with van der Waals surface area (Å²) in [7, 11) is 2.10. The number of ether oxygens (including phenoxy) is 1. The van der Waals surface area contributed by atoms with Crippen molar-refractivity contribution >= 4 is 17.3 Å². The van der Waals surface area contributed by atoms with E-state index in [1.165, 1.54) is 10.6 Å². The Balaban J connectivity index is 1.53. The molecule has 27 heavy (non-hydrogen) atoms. The van der Waals surface area contributed by atoms with E-state index in [0.717, 1.165) is 57.2 Å². The molecule has 0 bridgehead atoms. The highest BCUT2D eigenvalue weighted by Crippen LogP contribution is 2.15. The van der Waals surface area contributed by atoms with Crippen LogP contribution in [0.5, 0.6) is 0 Å². The summed E-state index contributed by atoms with van der Waals surface area (Å²) < 4.78 is 5.49. The predicted molar refractivity (Wildman–Crippen MR) is 112 cm³/mol. The number of rotatable bonds is 8. The van der Waals surface area contributed by atoms with E-state index in [1.807, 2.05) is 0 Å². The Morgan fingerprint density at radius 2 is 2.19 bits per heavy atom. The van der Waals surface area contributed by atoms with E-state index < -0.39 is 0 Å². The Labute approximate surface area is 166 Å². The van der Waals surface area contributed by atoms with E-state index in [-0.39, 0.29) is 0 Å². The van der Waals surface area contributed by atoms with Gasteiger partial charge in [0.1, 0.15) is 0 Å². The first kappa shape index (κ1) is 19.8. The van der Waals surface area contributed by atoms with Gasteiger partial charge in [-0.1, -0.05) is 30.3 Å². The molecule has 1 aliphatic heterocycles. The second-order valence-corrected chi connectivity index (χ2v) is 7.94. The molecule has 0 radical (unpaired) electrons. The summed E-state index contributed by atoms with van der Waals surface area (Å²) in [6.07, 6.45) is 3.16. The van der Waals surface area contributed by atoms with Crippen molar-refractivity contribution in [2.45, 2.75) is 32.7 Å². The fourth-order valence-corrected chi connectivity index (χ4v) is 4.05. The minimum absolute atomic E-state index is 0.600. The summed E-state index contributed by atoms with van der Waals surface area (Å²) in [6.45, 7) is 6.31. The van der Waals surface area contributed by atoms with Gasteiger partial charge in [0.05, 0.1) is 23.9 Å². The second-order valence-electron chi connectivity index (χ2n) is 7.00. The first-order valence-corrected chi connectivity index (χ1v) is 10.7. The van der Waals surface area contributed by atoms with Crippen LogP contribution in [0.25, 0.3) is 0 Å². The van der Waals surface area contributed by atoms with Crippen LogP contribution in [-0.4, -0.2) is 49.2 Å². The van der Waals surface area contributed by atoms with Gasteiger partial charge in [0.2, 0.25) is 0 Å². The van der Waals surface area contributed by atoms with Crippen LogP contribution >= 0.6 is 11.3 Å². The van der Waals surface area contributed by atoms with Crippen molar-refractivity contribution in [3.05, 3.63) is 52.0 Å². The largest absolute Gasteiger partial charge is 0.381 e. The number of hydrogen-bond donors (Lipinski definition) is 1. The third-order valence-electron chi connectivity index (χ3n) is 4.71. The monoisotopic (exact) mass is 386 g/mol. The molecule has 1 fully saturated rings. The van der Waals surface area contributed by atoms with Crippen molar-refractivity contribution in [1.82, 2.24) is 15.2 Å². The van der Waals surface area contributed by atoms with Crippen molar-refractivity contribution in [3.8, 4) is 0 Å². The maximum atomic E-state index is 5.49. The molecular formula is C21H30N4OS. The van der Waals surface area contributed by atoms with Gasteiger partial charge in [0.15, 0.2) is 5.96 Å². The van der Waals surface area contributed by atoms with Gasteiger partial charge in [0.25, 0.3) is 0 Å². The van der Waals surface area contributed by atoms with E-state index >= 15 is 0 Å². The van der Waals surface area contributed by atoms with Gasteiger partial charge >= 0.3 is 0 Å². The molecule has 0 aliphatic carbocycles. The van der Waals surface area contributed by atoms with E-state index in [4.69, 9.17) is 14.7 Å². The molecule has 1 atom stereocenters. The number of benzene rings is 1. The minimum atomic E-state index is 0.600. The van der Waals surface area contributed by atoms with Crippen LogP contribution in [0.3, 0.4) is 0 Å². The molecule has 1 N–H and O–H groups in total. The third kappa shape index (κ3) is 6.33. The lowest BCUT2D eigenvalue weighted by molar-refractivity contribution is 0.181. The first-order chi connectivity index (χ1) is 13.2. The van der Waals surface area contributed by atoms with E-state index in [9.17, 15) is 0 Å². The van der Waals surface area contributed by atoms with E-state index in [2.05, 4.69) is 59.9 Å². The second kappa shape index (κ2) is 10.4. The lowest BCUT2D eigenvalue weighted by Gasteiger charge is -2.24. The van der Waals surface area contributed by atoms with Crippen molar-refractivity contribution in [2.75, 3.05) is 33.4 Å². The summed E-state index contributed by atoms with van der Waals surface area (Å²) in [5, 5.41) is 6.71. The van der Waals surface area contributed by atoms with Crippen LogP contribution in [0.4, 0.5) is 0 Å². The molecule has 5 nitrogen and oxygen atoms in total. The minimum Gasteiger partial charge on any atom is -0.381 e. The zero-order valence-electron chi connectivity index (χ0n) is 16.4. The summed E-state index contributed by atoms with van der Waals surface area (Å²) in [5.74, 6) is 1.55. The van der Waals surface area contributed by atoms with Gasteiger partial charge in [-0.3, -0.25) is 0 Å². The molecule has 6 heteroatoms. The number of aliphatic imine (C=N–C) groups is 1. The van der Waals surface area contributed by atoms with Crippen LogP contribution in [0.2, 0.25) is 0 Å². The zero-order valence-corrected chi connectivity index (χ0v) is 17.2. The maximum Gasteiger partial charge on any atom is 0.194 e. The molecule has 1 saturated heterocycles. The Bertz CT molecular complexity index is 710. The lowest BCUT2D eigenvalue weighted by Crippen LogP contribution is -2.41. The van der Waals surface area contributed by atoms with Gasteiger partial charge in [-0.05, 0) is 25.3 Å². The number of guanidine groups is 1. The zero-order chi connectivity index (χ0) is 18.9. The summed E-state index contributed by atoms with van der Waals surface area (Å²) >= 11 is 1.74. The quantitative estimate of drug-likeness (QED) is 0.558. The Morgan fingerprint density at radius 1 is 1.33 bits per heavy atom. The summed E-state index contributed by atoms with van der Waals surface area (Å²) in [6, 6.07) is 10.6. The highest BCUT2D eigenvalue weighted by atomic mass is 32.1. The van der Waals surface area contributed by atoms with Gasteiger partial charge < -0.3 is 15.0 Å². The molecule has 0 amide bonds. The first-order valence-electron chi connectivity index (χ1n) is 9.79. The van der Waals surface area contributed by atoms with Crippen LogP contribution in [0.15, 0.2) is 40.7 Å². The fraction of sp³-hybridized carbons (Fsp3) is 0.524. The molecule has 2 heterocycles. The predicted octanol–water partition coefficient (Wildman–Crippen LogP) is 3.36. The third-order valence-corrected chi connectivity index (χ3v) is 5.67. The molecule has 1 aromatic carbocycles. The van der Waals surface area contributed by atoms with Crippen molar-refractivity contribution < 1.29 is 4.74 Å². The highest BCUT2D eigenvalue weighted by molar-refractivity contribution is 7.09. The average molecular weight is 387 g/mol. The molecule has 3 rings (SSSR count). The normalized spacial score (nSPS) is 17.3. The SMILES string of the molecule is CCNC(=NCc1csc(CCc2ccccc2)n1)N(C)CC1CCOC1. The topological polar surface area (TPSA) is 49.8 Å². The molecule has 2 aromatic rings. The average Bonchev–Trinajstić information content (AvgIpc) is 3.36. The lowest BCUT2D eigenvalue weighted by atomic mass is 10.1. The summed E-state index contributed by atoms with van der Waals surface area (Å²) in [5.41, 5.74) is 2.41. The smallest absolute Gasteiger partial charge is 0.194 e. The number of aromatic nitrogens is 1. The van der Waals surface area contributed by atoms with Gasteiger partial charge in [-0.2, -0.15) is 0 Å². The van der Waals surface area contributed by atoms with E-state index in [0.29, 0.717) is 12.5 Å². The Hall–Kier alpha value is -1.92. The van der Waals surface area contributed by atoms with Crippen LogP contribution in [-0.2, 0) is 24.1 Å². The van der Waals surface area contributed by atoms with E-state index in [1.54, 1.807) is 11.3 Å². The van der Waals surface area contributed by atoms with Crippen LogP contribution < -0.4 is 5.32 Å². The molecular weight excluding hydrogens is 356 g/mol. The van der Waals surface area contributed by atoms with Crippen LogP contribution in [0.1, 0.15) is 29.6 Å². The fourth-order valence-electron chi connectivity index (χ4n) is 3.26. The summed E-state index contributed by atoms with van der Waals surface area (Å²) in [4.78, 5) is 11.8. The molecule has 1 aliphatic rings.